The van der Waals surface area contributed by atoms with E-state index in [9.17, 15) is 23.2 Å². The van der Waals surface area contributed by atoms with Crippen LogP contribution in [0.25, 0.3) is 0 Å². The van der Waals surface area contributed by atoms with Crippen molar-refractivity contribution in [2.24, 2.45) is 17.6 Å². The Morgan fingerprint density at radius 1 is 1.16 bits per heavy atom. The maximum atomic E-state index is 13.7. The van der Waals surface area contributed by atoms with Gasteiger partial charge in [0.2, 0.25) is 5.91 Å². The summed E-state index contributed by atoms with van der Waals surface area (Å²) >= 11 is 0. The molecule has 10 heteroatoms. The molecular formula is C21H26F2N4O4. The summed E-state index contributed by atoms with van der Waals surface area (Å²) in [6, 6.07) is 2.73. The van der Waals surface area contributed by atoms with Gasteiger partial charge in [0.1, 0.15) is 6.61 Å². The number of morpholine rings is 1. The van der Waals surface area contributed by atoms with Crippen LogP contribution in [0.4, 0.5) is 20.2 Å². The molecule has 31 heavy (non-hydrogen) atoms. The molecule has 1 saturated heterocycles. The summed E-state index contributed by atoms with van der Waals surface area (Å²) in [6.07, 6.45) is 1.37. The van der Waals surface area contributed by atoms with Gasteiger partial charge in [-0.3, -0.25) is 19.7 Å². The molecule has 2 saturated carbocycles. The lowest BCUT2D eigenvalue weighted by molar-refractivity contribution is -0.128. The first-order valence-corrected chi connectivity index (χ1v) is 10.5. The predicted octanol–water partition coefficient (Wildman–Crippen LogP) is 1.56. The van der Waals surface area contributed by atoms with Crippen LogP contribution in [0.5, 0.6) is 0 Å². The highest BCUT2D eigenvalue weighted by molar-refractivity contribution is 6.09. The average Bonchev–Trinajstić information content (AvgIpc) is 3.62. The Bertz CT molecular complexity index is 861. The minimum Gasteiger partial charge on any atom is -0.370 e. The van der Waals surface area contributed by atoms with Crippen LogP contribution in [0.1, 0.15) is 37.7 Å². The highest BCUT2D eigenvalue weighted by Crippen LogP contribution is 2.44. The fourth-order valence-corrected chi connectivity index (χ4v) is 4.09. The van der Waals surface area contributed by atoms with Crippen LogP contribution in [-0.4, -0.2) is 49.6 Å². The van der Waals surface area contributed by atoms with Crippen molar-refractivity contribution in [3.8, 4) is 0 Å². The van der Waals surface area contributed by atoms with Crippen molar-refractivity contribution in [3.05, 3.63) is 23.8 Å². The van der Waals surface area contributed by atoms with E-state index >= 15 is 0 Å². The Morgan fingerprint density at radius 2 is 1.84 bits per heavy atom. The quantitative estimate of drug-likeness (QED) is 0.509. The molecule has 1 heterocycles. The molecule has 1 aromatic carbocycles. The van der Waals surface area contributed by atoms with Crippen molar-refractivity contribution in [3.63, 3.8) is 0 Å². The highest BCUT2D eigenvalue weighted by Gasteiger charge is 2.44. The van der Waals surface area contributed by atoms with E-state index in [1.54, 1.807) is 0 Å². The number of nitrogens with two attached hydrogens (primary N) is 1. The van der Waals surface area contributed by atoms with Gasteiger partial charge >= 0.3 is 0 Å². The standard InChI is InChI=1S/C21H26F2N4O4/c22-19(23)14-9-13(5-6-15(14)27-7-8-31-10-16(27)28)25-21(30)18(20(24)29)26-17(11-1-2-11)12-3-4-12/h5-6,9,11-12,17-19,26H,1-4,7-8,10H2,(H2,24,29)(H,25,30)/t18-/m1/s1. The molecule has 0 unspecified atom stereocenters. The number of nitrogens with one attached hydrogen (secondary N) is 2. The molecule has 4 rings (SSSR count). The number of hydrogen-bond donors (Lipinski definition) is 3. The van der Waals surface area contributed by atoms with E-state index in [0.717, 1.165) is 31.7 Å². The number of amides is 3. The van der Waals surface area contributed by atoms with Crippen LogP contribution in [0.15, 0.2) is 18.2 Å². The van der Waals surface area contributed by atoms with E-state index in [0.29, 0.717) is 11.8 Å². The summed E-state index contributed by atoms with van der Waals surface area (Å²) < 4.78 is 32.5. The lowest BCUT2D eigenvalue weighted by Crippen LogP contribution is -2.54. The molecule has 4 N–H and O–H groups in total. The van der Waals surface area contributed by atoms with Gasteiger partial charge in [-0.2, -0.15) is 0 Å². The van der Waals surface area contributed by atoms with Crippen LogP contribution in [-0.2, 0) is 19.1 Å². The number of alkyl halides is 2. The zero-order valence-electron chi connectivity index (χ0n) is 17.0. The molecule has 8 nitrogen and oxygen atoms in total. The molecule has 0 bridgehead atoms. The van der Waals surface area contributed by atoms with Gasteiger partial charge in [-0.1, -0.05) is 0 Å². The Hall–Kier alpha value is -2.59. The summed E-state index contributed by atoms with van der Waals surface area (Å²) in [4.78, 5) is 38.0. The zero-order chi connectivity index (χ0) is 22.1. The largest absolute Gasteiger partial charge is 0.370 e. The lowest BCUT2D eigenvalue weighted by atomic mass is 10.1. The molecule has 0 radical (unpaired) electrons. The topological polar surface area (TPSA) is 114 Å². The molecule has 1 atom stereocenters. The van der Waals surface area contributed by atoms with Crippen molar-refractivity contribution < 1.29 is 27.9 Å². The second-order valence-electron chi connectivity index (χ2n) is 8.36. The van der Waals surface area contributed by atoms with Gasteiger partial charge in [0, 0.05) is 23.8 Å². The van der Waals surface area contributed by atoms with Crippen molar-refractivity contribution in [1.29, 1.82) is 0 Å². The first-order valence-electron chi connectivity index (χ1n) is 10.5. The molecule has 0 spiro atoms. The molecule has 168 valence electrons. The summed E-state index contributed by atoms with van der Waals surface area (Å²) in [6.45, 7) is 0.250. The molecule has 2 aliphatic carbocycles. The maximum absolute atomic E-state index is 13.7. The van der Waals surface area contributed by atoms with E-state index in [4.69, 9.17) is 10.5 Å². The Balaban J connectivity index is 1.50. The number of carbonyl (C=O) groups is 3. The normalized spacial score (nSPS) is 20.3. The third-order valence-corrected chi connectivity index (χ3v) is 5.97. The summed E-state index contributed by atoms with van der Waals surface area (Å²) in [5.41, 5.74) is 5.25. The van der Waals surface area contributed by atoms with E-state index in [1.165, 1.54) is 17.0 Å². The summed E-state index contributed by atoms with van der Waals surface area (Å²) in [7, 11) is 0. The molecule has 3 fully saturated rings. The second-order valence-corrected chi connectivity index (χ2v) is 8.36. The number of anilines is 2. The number of ether oxygens (including phenoxy) is 1. The van der Waals surface area contributed by atoms with E-state index in [-0.39, 0.29) is 42.7 Å². The van der Waals surface area contributed by atoms with Crippen molar-refractivity contribution in [2.75, 3.05) is 30.0 Å². The first-order chi connectivity index (χ1) is 14.8. The van der Waals surface area contributed by atoms with Crippen molar-refractivity contribution >= 4 is 29.1 Å². The lowest BCUT2D eigenvalue weighted by Gasteiger charge is -2.29. The fourth-order valence-electron chi connectivity index (χ4n) is 4.09. The number of nitrogens with zero attached hydrogens (tertiary/aromatic N) is 1. The van der Waals surface area contributed by atoms with Crippen LogP contribution >= 0.6 is 0 Å². The van der Waals surface area contributed by atoms with Gasteiger partial charge in [-0.05, 0) is 55.7 Å². The SMILES string of the molecule is NC(=O)[C@@H](NC(C1CC1)C1CC1)C(=O)Nc1ccc(N2CCOCC2=O)c(C(F)F)c1. The summed E-state index contributed by atoms with van der Waals surface area (Å²) in [5.74, 6) is -1.02. The number of halogens is 2. The van der Waals surface area contributed by atoms with Gasteiger partial charge < -0.3 is 20.7 Å². The Kier molecular flexibility index (Phi) is 6.19. The first kappa shape index (κ1) is 21.6. The monoisotopic (exact) mass is 436 g/mol. The van der Waals surface area contributed by atoms with Crippen LogP contribution in [0.3, 0.4) is 0 Å². The molecule has 3 aliphatic rings. The summed E-state index contributed by atoms with van der Waals surface area (Å²) in [5, 5.41) is 5.62. The van der Waals surface area contributed by atoms with E-state index in [2.05, 4.69) is 10.6 Å². The smallest absolute Gasteiger partial charge is 0.265 e. The Morgan fingerprint density at radius 3 is 2.39 bits per heavy atom. The minimum absolute atomic E-state index is 0.0644. The van der Waals surface area contributed by atoms with Gasteiger partial charge in [-0.15, -0.1) is 0 Å². The zero-order valence-corrected chi connectivity index (χ0v) is 17.0. The van der Waals surface area contributed by atoms with Crippen LogP contribution in [0.2, 0.25) is 0 Å². The predicted molar refractivity (Wildman–Crippen MR) is 109 cm³/mol. The number of benzene rings is 1. The van der Waals surface area contributed by atoms with Crippen molar-refractivity contribution in [1.82, 2.24) is 5.32 Å². The van der Waals surface area contributed by atoms with E-state index in [1.807, 2.05) is 0 Å². The maximum Gasteiger partial charge on any atom is 0.265 e. The van der Waals surface area contributed by atoms with Gasteiger partial charge in [0.25, 0.3) is 18.2 Å². The minimum atomic E-state index is -2.86. The van der Waals surface area contributed by atoms with Gasteiger partial charge in [0.15, 0.2) is 6.04 Å². The molecular weight excluding hydrogens is 410 g/mol. The third-order valence-electron chi connectivity index (χ3n) is 5.97. The number of carbonyl (C=O) groups excluding carboxylic acids is 3. The van der Waals surface area contributed by atoms with Crippen LogP contribution in [0, 0.1) is 11.8 Å². The average molecular weight is 436 g/mol. The molecule has 1 aliphatic heterocycles. The highest BCUT2D eigenvalue weighted by atomic mass is 19.3. The second kappa shape index (κ2) is 8.88. The number of rotatable bonds is 9. The van der Waals surface area contributed by atoms with Crippen LogP contribution < -0.4 is 21.3 Å². The Labute approximate surface area is 178 Å². The number of hydrogen-bond acceptors (Lipinski definition) is 5. The van der Waals surface area contributed by atoms with Crippen molar-refractivity contribution in [2.45, 2.75) is 44.2 Å². The number of primary amides is 1. The third kappa shape index (κ3) is 5.01. The van der Waals surface area contributed by atoms with Gasteiger partial charge in [0.05, 0.1) is 12.3 Å². The molecule has 1 aromatic rings. The van der Waals surface area contributed by atoms with Gasteiger partial charge in [-0.25, -0.2) is 8.78 Å². The molecule has 3 amide bonds. The fraction of sp³-hybridized carbons (Fsp3) is 0.571. The molecule has 0 aromatic heterocycles. The van der Waals surface area contributed by atoms with E-state index < -0.39 is 30.2 Å².